The molecule has 1 saturated heterocycles. The van der Waals surface area contributed by atoms with Crippen LogP contribution < -0.4 is 0 Å². The molecule has 2 bridgehead atoms. The van der Waals surface area contributed by atoms with E-state index in [-0.39, 0.29) is 12.1 Å². The summed E-state index contributed by atoms with van der Waals surface area (Å²) in [7, 11) is 0. The molecule has 1 atom stereocenters. The van der Waals surface area contributed by atoms with Gasteiger partial charge in [0.2, 0.25) is 0 Å². The number of fused-ring (bicyclic) bond motifs is 2. The molecule has 2 aliphatic heterocycles. The normalized spacial score (nSPS) is 22.3. The molecule has 6 nitrogen and oxygen atoms in total. The molecule has 1 fully saturated rings. The van der Waals surface area contributed by atoms with Crippen LogP contribution in [0.5, 0.6) is 0 Å². The van der Waals surface area contributed by atoms with Gasteiger partial charge in [0.25, 0.3) is 0 Å². The van der Waals surface area contributed by atoms with E-state index in [1.54, 1.807) is 21.9 Å². The Bertz CT molecular complexity index is 494. The van der Waals surface area contributed by atoms with Crippen LogP contribution >= 0.6 is 0 Å². The molecule has 3 rings (SSSR count). The van der Waals surface area contributed by atoms with E-state index in [4.69, 9.17) is 4.84 Å². The van der Waals surface area contributed by atoms with Crippen molar-refractivity contribution in [3.63, 3.8) is 0 Å². The first-order valence-corrected chi connectivity index (χ1v) is 5.82. The van der Waals surface area contributed by atoms with Crippen molar-refractivity contribution >= 4 is 11.7 Å². The van der Waals surface area contributed by atoms with Gasteiger partial charge < -0.3 is 4.90 Å². The Labute approximate surface area is 105 Å². The molecular formula is C12H14N4O2. The second kappa shape index (κ2) is 4.30. The zero-order valence-corrected chi connectivity index (χ0v) is 9.90. The monoisotopic (exact) mass is 246 g/mol. The molecule has 0 radical (unpaired) electrons. The van der Waals surface area contributed by atoms with Gasteiger partial charge in [-0.15, -0.1) is 6.58 Å². The van der Waals surface area contributed by atoms with E-state index in [2.05, 4.69) is 11.7 Å². The van der Waals surface area contributed by atoms with Crippen LogP contribution in [0.15, 0.2) is 37.2 Å². The van der Waals surface area contributed by atoms with Crippen LogP contribution in [0.4, 0.5) is 4.79 Å². The summed E-state index contributed by atoms with van der Waals surface area (Å²) in [5.41, 5.74) is 0.995. The number of carbonyl (C=O) groups is 1. The summed E-state index contributed by atoms with van der Waals surface area (Å²) in [6.45, 7) is 5.14. The fraction of sp³-hybridized carbons (Fsp3) is 0.333. The Hall–Kier alpha value is -2.08. The van der Waals surface area contributed by atoms with Crippen molar-refractivity contribution in [1.82, 2.24) is 19.7 Å². The van der Waals surface area contributed by atoms with Crippen molar-refractivity contribution in [3.8, 4) is 0 Å². The van der Waals surface area contributed by atoms with Crippen LogP contribution in [0, 0.1) is 0 Å². The Morgan fingerprint density at radius 1 is 1.61 bits per heavy atom. The lowest BCUT2D eigenvalue weighted by atomic mass is 10.2. The Morgan fingerprint density at radius 3 is 3.22 bits per heavy atom. The number of hydroxylamine groups is 2. The van der Waals surface area contributed by atoms with Crippen molar-refractivity contribution in [3.05, 3.63) is 37.2 Å². The molecule has 94 valence electrons. The summed E-state index contributed by atoms with van der Waals surface area (Å²) in [5, 5.41) is 5.60. The van der Waals surface area contributed by atoms with Gasteiger partial charge in [0.05, 0.1) is 24.9 Å². The van der Waals surface area contributed by atoms with Gasteiger partial charge in [-0.1, -0.05) is 6.08 Å². The van der Waals surface area contributed by atoms with E-state index in [0.29, 0.717) is 19.7 Å². The second-order valence-corrected chi connectivity index (χ2v) is 4.25. The summed E-state index contributed by atoms with van der Waals surface area (Å²) >= 11 is 0. The first kappa shape index (κ1) is 11.0. The third-order valence-electron chi connectivity index (χ3n) is 3.04. The average molecular weight is 246 g/mol. The van der Waals surface area contributed by atoms with Gasteiger partial charge in [0, 0.05) is 18.9 Å². The number of hydrogen-bond donors (Lipinski definition) is 0. The predicted octanol–water partition coefficient (Wildman–Crippen LogP) is 0.961. The minimum Gasteiger partial charge on any atom is -0.314 e. The van der Waals surface area contributed by atoms with Crippen LogP contribution in [0.25, 0.3) is 5.70 Å². The molecule has 0 N–H and O–H groups in total. The van der Waals surface area contributed by atoms with Crippen LogP contribution in [-0.2, 0) is 4.84 Å². The van der Waals surface area contributed by atoms with Crippen molar-refractivity contribution in [1.29, 1.82) is 0 Å². The number of amides is 2. The van der Waals surface area contributed by atoms with Crippen molar-refractivity contribution in [2.75, 3.05) is 19.7 Å². The number of carbonyl (C=O) groups excluding carboxylic acids is 1. The number of urea groups is 1. The maximum Gasteiger partial charge on any atom is 0.345 e. The average Bonchev–Trinajstić information content (AvgIpc) is 2.98. The number of hydrogen-bond acceptors (Lipinski definition) is 3. The minimum absolute atomic E-state index is 0.0506. The largest absolute Gasteiger partial charge is 0.345 e. The highest BCUT2D eigenvalue weighted by Gasteiger charge is 2.41. The third kappa shape index (κ3) is 1.70. The molecule has 6 heteroatoms. The van der Waals surface area contributed by atoms with E-state index < -0.39 is 0 Å². The molecule has 2 aliphatic rings. The second-order valence-electron chi connectivity index (χ2n) is 4.25. The summed E-state index contributed by atoms with van der Waals surface area (Å²) in [4.78, 5) is 19.2. The molecule has 3 heterocycles. The van der Waals surface area contributed by atoms with Crippen molar-refractivity contribution in [2.24, 2.45) is 0 Å². The van der Waals surface area contributed by atoms with Gasteiger partial charge in [-0.05, 0) is 12.1 Å². The van der Waals surface area contributed by atoms with Gasteiger partial charge in [-0.2, -0.15) is 10.2 Å². The summed E-state index contributed by atoms with van der Waals surface area (Å²) in [5.74, 6) is 0. The van der Waals surface area contributed by atoms with Crippen LogP contribution in [-0.4, -0.2) is 51.5 Å². The SMILES string of the molecule is C=CCON1C(=O)N2CC(n3cccn3)=C[C@H]1C2. The molecule has 1 aromatic heterocycles. The van der Waals surface area contributed by atoms with Crippen LogP contribution in [0.3, 0.4) is 0 Å². The molecule has 0 aromatic carbocycles. The van der Waals surface area contributed by atoms with Gasteiger partial charge in [-0.3, -0.25) is 4.84 Å². The van der Waals surface area contributed by atoms with Gasteiger partial charge in [0.1, 0.15) is 0 Å². The highest BCUT2D eigenvalue weighted by molar-refractivity contribution is 5.80. The fourth-order valence-electron chi connectivity index (χ4n) is 2.25. The lowest BCUT2D eigenvalue weighted by Crippen LogP contribution is -2.33. The first-order chi connectivity index (χ1) is 8.79. The number of aromatic nitrogens is 2. The van der Waals surface area contributed by atoms with Crippen LogP contribution in [0.1, 0.15) is 0 Å². The molecule has 0 spiro atoms. The van der Waals surface area contributed by atoms with E-state index in [9.17, 15) is 4.79 Å². The van der Waals surface area contributed by atoms with E-state index >= 15 is 0 Å². The Balaban J connectivity index is 1.83. The molecule has 0 aliphatic carbocycles. The quantitative estimate of drug-likeness (QED) is 0.744. The Kier molecular flexibility index (Phi) is 2.64. The molecule has 0 unspecified atom stereocenters. The van der Waals surface area contributed by atoms with E-state index in [1.165, 1.54) is 5.06 Å². The zero-order chi connectivity index (χ0) is 12.5. The van der Waals surface area contributed by atoms with Gasteiger partial charge >= 0.3 is 6.03 Å². The standard InChI is InChI=1S/C12H14N4O2/c1-2-6-18-16-11-7-10(15-5-3-4-13-15)8-14(9-11)12(16)17/h2-5,7,11H,1,6,8-9H2/t11-/m0/s1. The van der Waals surface area contributed by atoms with Crippen LogP contribution in [0.2, 0.25) is 0 Å². The highest BCUT2D eigenvalue weighted by Crippen LogP contribution is 2.26. The topological polar surface area (TPSA) is 50.6 Å². The lowest BCUT2D eigenvalue weighted by molar-refractivity contribution is -0.107. The molecule has 1 aromatic rings. The van der Waals surface area contributed by atoms with Crippen molar-refractivity contribution in [2.45, 2.75) is 6.04 Å². The molecule has 2 amide bonds. The fourth-order valence-corrected chi connectivity index (χ4v) is 2.25. The highest BCUT2D eigenvalue weighted by atomic mass is 16.7. The molecular weight excluding hydrogens is 232 g/mol. The molecule has 0 saturated carbocycles. The first-order valence-electron chi connectivity index (χ1n) is 5.82. The number of rotatable bonds is 4. The van der Waals surface area contributed by atoms with Gasteiger partial charge in [-0.25, -0.2) is 9.48 Å². The molecule has 18 heavy (non-hydrogen) atoms. The summed E-state index contributed by atoms with van der Waals surface area (Å²) < 4.78 is 1.78. The Morgan fingerprint density at radius 2 is 2.50 bits per heavy atom. The zero-order valence-electron chi connectivity index (χ0n) is 9.90. The summed E-state index contributed by atoms with van der Waals surface area (Å²) in [6.07, 6.45) is 7.25. The maximum atomic E-state index is 12.0. The predicted molar refractivity (Wildman–Crippen MR) is 65.2 cm³/mol. The smallest absolute Gasteiger partial charge is 0.314 e. The summed E-state index contributed by atoms with van der Waals surface area (Å²) in [6, 6.07) is 1.71. The van der Waals surface area contributed by atoms with Crippen molar-refractivity contribution < 1.29 is 9.63 Å². The minimum atomic E-state index is -0.0970. The van der Waals surface area contributed by atoms with E-state index in [0.717, 1.165) is 5.70 Å². The lowest BCUT2D eigenvalue weighted by Gasteiger charge is -2.21. The maximum absolute atomic E-state index is 12.0. The third-order valence-corrected chi connectivity index (χ3v) is 3.04. The van der Waals surface area contributed by atoms with Gasteiger partial charge in [0.15, 0.2) is 0 Å². The number of nitrogens with zero attached hydrogens (tertiary/aromatic N) is 4. The van der Waals surface area contributed by atoms with E-state index in [1.807, 2.05) is 18.3 Å².